The molecule has 0 amide bonds. The third-order valence-corrected chi connectivity index (χ3v) is 2.52. The van der Waals surface area contributed by atoms with Gasteiger partial charge in [-0.2, -0.15) is 0 Å². The molecule has 0 spiro atoms. The Morgan fingerprint density at radius 3 is 2.65 bits per heavy atom. The van der Waals surface area contributed by atoms with Crippen LogP contribution in [0.2, 0.25) is 0 Å². The van der Waals surface area contributed by atoms with Crippen LogP contribution in [0.25, 0.3) is 10.9 Å². The monoisotopic (exact) mass is 234 g/mol. The van der Waals surface area contributed by atoms with Gasteiger partial charge in [-0.25, -0.2) is 9.97 Å². The number of nitrogens with zero attached hydrogens (tertiary/aromatic N) is 2. The largest absolute Gasteiger partial charge is 0.439 e. The van der Waals surface area contributed by atoms with Gasteiger partial charge in [0.25, 0.3) is 0 Å². The van der Waals surface area contributed by atoms with Crippen LogP contribution in [0.5, 0.6) is 5.75 Å². The van der Waals surface area contributed by atoms with Gasteiger partial charge in [0.05, 0.1) is 5.52 Å². The van der Waals surface area contributed by atoms with Crippen LogP contribution in [0, 0.1) is 0 Å². The number of aromatic nitrogens is 2. The Morgan fingerprint density at radius 2 is 1.94 bits per heavy atom. The number of fused-ring (bicyclic) bond motifs is 1. The summed E-state index contributed by atoms with van der Waals surface area (Å²) in [5.41, 5.74) is 0.812. The molecule has 1 aromatic heterocycles. The van der Waals surface area contributed by atoms with Gasteiger partial charge in [0.2, 0.25) is 0 Å². The number of rotatable bonds is 4. The SMILES string of the molecule is COC(C)(OC)Oc1ccc2cncnc2c1. The Hall–Kier alpha value is -1.72. The molecule has 1 heterocycles. The zero-order valence-corrected chi connectivity index (χ0v) is 10.0. The van der Waals surface area contributed by atoms with Gasteiger partial charge in [-0.3, -0.25) is 0 Å². The van der Waals surface area contributed by atoms with Crippen molar-refractivity contribution in [1.82, 2.24) is 9.97 Å². The van der Waals surface area contributed by atoms with Crippen molar-refractivity contribution in [1.29, 1.82) is 0 Å². The Labute approximate surface area is 99.4 Å². The molecule has 0 unspecified atom stereocenters. The average Bonchev–Trinajstić information content (AvgIpc) is 2.38. The molecule has 0 aliphatic heterocycles. The number of benzene rings is 1. The van der Waals surface area contributed by atoms with E-state index in [4.69, 9.17) is 14.2 Å². The summed E-state index contributed by atoms with van der Waals surface area (Å²) in [4.78, 5) is 8.10. The molecule has 90 valence electrons. The Kier molecular flexibility index (Phi) is 3.21. The van der Waals surface area contributed by atoms with E-state index in [0.29, 0.717) is 5.75 Å². The fraction of sp³-hybridized carbons (Fsp3) is 0.333. The normalized spacial score (nSPS) is 11.7. The lowest BCUT2D eigenvalue weighted by molar-refractivity contribution is -0.309. The summed E-state index contributed by atoms with van der Waals surface area (Å²) in [5.74, 6) is -0.469. The van der Waals surface area contributed by atoms with Gasteiger partial charge in [0.1, 0.15) is 12.1 Å². The summed E-state index contributed by atoms with van der Waals surface area (Å²) in [6, 6.07) is 5.52. The number of methoxy groups -OCH3 is 2. The van der Waals surface area contributed by atoms with E-state index in [9.17, 15) is 0 Å². The minimum absolute atomic E-state index is 0.627. The lowest BCUT2D eigenvalue weighted by Gasteiger charge is -2.26. The molecule has 0 aliphatic carbocycles. The first-order valence-electron chi connectivity index (χ1n) is 5.16. The summed E-state index contributed by atoms with van der Waals surface area (Å²) < 4.78 is 15.9. The van der Waals surface area contributed by atoms with Crippen molar-refractivity contribution in [2.24, 2.45) is 0 Å². The van der Waals surface area contributed by atoms with E-state index in [-0.39, 0.29) is 0 Å². The van der Waals surface area contributed by atoms with Gasteiger partial charge >= 0.3 is 5.97 Å². The van der Waals surface area contributed by atoms with E-state index in [1.54, 1.807) is 13.1 Å². The fourth-order valence-corrected chi connectivity index (χ4v) is 1.40. The topological polar surface area (TPSA) is 53.5 Å². The van der Waals surface area contributed by atoms with E-state index in [0.717, 1.165) is 10.9 Å². The van der Waals surface area contributed by atoms with Crippen LogP contribution in [0.4, 0.5) is 0 Å². The quantitative estimate of drug-likeness (QED) is 0.757. The lowest BCUT2D eigenvalue weighted by Crippen LogP contribution is -2.36. The molecule has 5 heteroatoms. The first kappa shape index (κ1) is 11.8. The third kappa shape index (κ3) is 2.51. The minimum atomic E-state index is -1.10. The van der Waals surface area contributed by atoms with Crippen LogP contribution in [0.3, 0.4) is 0 Å². The molecule has 2 rings (SSSR count). The van der Waals surface area contributed by atoms with Gasteiger partial charge in [-0.15, -0.1) is 0 Å². The zero-order chi connectivity index (χ0) is 12.3. The summed E-state index contributed by atoms with van der Waals surface area (Å²) >= 11 is 0. The van der Waals surface area contributed by atoms with Crippen molar-refractivity contribution in [3.05, 3.63) is 30.7 Å². The molecular weight excluding hydrogens is 220 g/mol. The molecule has 0 N–H and O–H groups in total. The molecule has 17 heavy (non-hydrogen) atoms. The summed E-state index contributed by atoms with van der Waals surface area (Å²) in [5, 5.41) is 0.955. The average molecular weight is 234 g/mol. The predicted molar refractivity (Wildman–Crippen MR) is 62.6 cm³/mol. The number of ether oxygens (including phenoxy) is 3. The molecule has 0 atom stereocenters. The van der Waals surface area contributed by atoms with Crippen LogP contribution in [0.1, 0.15) is 6.92 Å². The molecule has 0 fully saturated rings. The molecular formula is C12H14N2O3. The Morgan fingerprint density at radius 1 is 1.18 bits per heavy atom. The van der Waals surface area contributed by atoms with E-state index in [1.807, 2.05) is 18.2 Å². The van der Waals surface area contributed by atoms with Crippen LogP contribution >= 0.6 is 0 Å². The van der Waals surface area contributed by atoms with Crippen LogP contribution < -0.4 is 4.74 Å². The lowest BCUT2D eigenvalue weighted by atomic mass is 10.2. The van der Waals surface area contributed by atoms with E-state index in [1.165, 1.54) is 20.5 Å². The van der Waals surface area contributed by atoms with E-state index >= 15 is 0 Å². The molecule has 0 radical (unpaired) electrons. The van der Waals surface area contributed by atoms with Crippen molar-refractivity contribution >= 4 is 10.9 Å². The molecule has 5 nitrogen and oxygen atoms in total. The Balaban J connectivity index is 2.31. The smallest absolute Gasteiger partial charge is 0.323 e. The molecule has 0 saturated carbocycles. The van der Waals surface area contributed by atoms with Crippen LogP contribution in [-0.2, 0) is 9.47 Å². The van der Waals surface area contributed by atoms with Crippen LogP contribution in [-0.4, -0.2) is 30.2 Å². The second-order valence-electron chi connectivity index (χ2n) is 3.62. The maximum Gasteiger partial charge on any atom is 0.323 e. The molecule has 2 aromatic rings. The first-order valence-corrected chi connectivity index (χ1v) is 5.16. The second kappa shape index (κ2) is 4.65. The van der Waals surface area contributed by atoms with Crippen molar-refractivity contribution in [3.8, 4) is 5.75 Å². The highest BCUT2D eigenvalue weighted by Gasteiger charge is 2.25. The number of hydrogen-bond acceptors (Lipinski definition) is 5. The van der Waals surface area contributed by atoms with Crippen molar-refractivity contribution in [2.45, 2.75) is 12.9 Å². The van der Waals surface area contributed by atoms with Gasteiger partial charge in [-0.1, -0.05) is 0 Å². The molecule has 1 aromatic carbocycles. The third-order valence-electron chi connectivity index (χ3n) is 2.52. The molecule has 0 saturated heterocycles. The summed E-state index contributed by atoms with van der Waals surface area (Å²) in [7, 11) is 3.04. The summed E-state index contributed by atoms with van der Waals surface area (Å²) in [6.07, 6.45) is 3.25. The maximum absolute atomic E-state index is 5.60. The van der Waals surface area contributed by atoms with Gasteiger partial charge < -0.3 is 14.2 Å². The minimum Gasteiger partial charge on any atom is -0.439 e. The molecule has 0 aliphatic rings. The van der Waals surface area contributed by atoms with Gasteiger partial charge in [0, 0.05) is 38.8 Å². The summed E-state index contributed by atoms with van der Waals surface area (Å²) in [6.45, 7) is 1.69. The van der Waals surface area contributed by atoms with Crippen molar-refractivity contribution in [2.75, 3.05) is 14.2 Å². The van der Waals surface area contributed by atoms with Crippen molar-refractivity contribution < 1.29 is 14.2 Å². The standard InChI is InChI=1S/C12H14N2O3/c1-12(15-2,16-3)17-10-5-4-9-7-13-8-14-11(9)6-10/h4-8H,1-3H3. The van der Waals surface area contributed by atoms with Crippen LogP contribution in [0.15, 0.2) is 30.7 Å². The highest BCUT2D eigenvalue weighted by molar-refractivity contribution is 5.78. The number of hydrogen-bond donors (Lipinski definition) is 0. The van der Waals surface area contributed by atoms with E-state index < -0.39 is 5.97 Å². The Bertz CT molecular complexity index is 512. The fourth-order valence-electron chi connectivity index (χ4n) is 1.40. The highest BCUT2D eigenvalue weighted by Crippen LogP contribution is 2.23. The highest BCUT2D eigenvalue weighted by atomic mass is 16.9. The van der Waals surface area contributed by atoms with Crippen molar-refractivity contribution in [3.63, 3.8) is 0 Å². The first-order chi connectivity index (χ1) is 8.17. The predicted octanol–water partition coefficient (Wildman–Crippen LogP) is 1.98. The zero-order valence-electron chi connectivity index (χ0n) is 10.0. The maximum atomic E-state index is 5.60. The van der Waals surface area contributed by atoms with Gasteiger partial charge in [-0.05, 0) is 12.1 Å². The second-order valence-corrected chi connectivity index (χ2v) is 3.62. The molecule has 0 bridgehead atoms. The van der Waals surface area contributed by atoms with Gasteiger partial charge in [0.15, 0.2) is 0 Å². The van der Waals surface area contributed by atoms with E-state index in [2.05, 4.69) is 9.97 Å².